The Morgan fingerprint density at radius 2 is 2.00 bits per heavy atom. The molecule has 0 bridgehead atoms. The first-order chi connectivity index (χ1) is 8.92. The van der Waals surface area contributed by atoms with E-state index < -0.39 is 0 Å². The van der Waals surface area contributed by atoms with Crippen molar-refractivity contribution >= 4 is 0 Å². The number of nitrogens with one attached hydrogen (secondary N) is 1. The molecule has 2 nitrogen and oxygen atoms in total. The lowest BCUT2D eigenvalue weighted by molar-refractivity contribution is 0.296. The predicted molar refractivity (Wildman–Crippen MR) is 78.7 cm³/mol. The maximum absolute atomic E-state index is 9.55. The summed E-state index contributed by atoms with van der Waals surface area (Å²) in [5.74, 6) is 0.622. The summed E-state index contributed by atoms with van der Waals surface area (Å²) in [7, 11) is 0. The number of hydrogen-bond acceptors (Lipinski definition) is 2. The molecular formula is C17H24N2. The minimum Gasteiger partial charge on any atom is -0.295 e. The van der Waals surface area contributed by atoms with E-state index >= 15 is 0 Å². The van der Waals surface area contributed by atoms with Gasteiger partial charge >= 0.3 is 0 Å². The molecule has 1 aromatic rings. The second-order valence-corrected chi connectivity index (χ2v) is 6.87. The number of hydrogen-bond donors (Lipinski definition) is 1. The highest BCUT2D eigenvalue weighted by Gasteiger charge is 2.41. The van der Waals surface area contributed by atoms with Crippen molar-refractivity contribution in [1.29, 1.82) is 5.26 Å². The molecule has 0 heterocycles. The van der Waals surface area contributed by atoms with Gasteiger partial charge in [-0.05, 0) is 57.9 Å². The minimum atomic E-state index is -0.322. The largest absolute Gasteiger partial charge is 0.295 e. The predicted octanol–water partition coefficient (Wildman–Crippen LogP) is 3.68. The van der Waals surface area contributed by atoms with Crippen LogP contribution in [0.4, 0.5) is 0 Å². The molecule has 1 N–H and O–H groups in total. The fourth-order valence-electron chi connectivity index (χ4n) is 3.23. The molecule has 1 saturated carbocycles. The van der Waals surface area contributed by atoms with Crippen LogP contribution in [0.15, 0.2) is 30.3 Å². The number of benzene rings is 1. The van der Waals surface area contributed by atoms with Gasteiger partial charge in [0.1, 0.15) is 5.54 Å². The molecular weight excluding hydrogens is 232 g/mol. The van der Waals surface area contributed by atoms with Crippen LogP contribution in [0.3, 0.4) is 0 Å². The Morgan fingerprint density at radius 3 is 2.58 bits per heavy atom. The summed E-state index contributed by atoms with van der Waals surface area (Å²) in [6, 6.07) is 13.1. The molecule has 2 atom stereocenters. The SMILES string of the molecule is CC(C)(C)NC1(C#N)CCC(Cc2ccccc2)C1. The van der Waals surface area contributed by atoms with Gasteiger partial charge in [0, 0.05) is 5.54 Å². The quantitative estimate of drug-likeness (QED) is 0.895. The number of rotatable bonds is 3. The maximum atomic E-state index is 9.55. The third kappa shape index (κ3) is 3.81. The lowest BCUT2D eigenvalue weighted by atomic mass is 9.91. The third-order valence-corrected chi connectivity index (χ3v) is 3.81. The Balaban J connectivity index is 2.00. The molecule has 1 fully saturated rings. The summed E-state index contributed by atoms with van der Waals surface area (Å²) >= 11 is 0. The van der Waals surface area contributed by atoms with Gasteiger partial charge in [-0.25, -0.2) is 0 Å². The normalized spacial score (nSPS) is 27.2. The second kappa shape index (κ2) is 5.35. The molecule has 2 unspecified atom stereocenters. The molecule has 1 aromatic carbocycles. The maximum Gasteiger partial charge on any atom is 0.107 e. The van der Waals surface area contributed by atoms with E-state index in [2.05, 4.69) is 62.5 Å². The summed E-state index contributed by atoms with van der Waals surface area (Å²) in [6.45, 7) is 6.41. The zero-order chi connectivity index (χ0) is 13.9. The van der Waals surface area contributed by atoms with Crippen LogP contribution in [0.2, 0.25) is 0 Å². The van der Waals surface area contributed by atoms with Crippen molar-refractivity contribution in [1.82, 2.24) is 5.32 Å². The number of nitrogens with zero attached hydrogens (tertiary/aromatic N) is 1. The van der Waals surface area contributed by atoms with E-state index in [0.717, 1.165) is 25.7 Å². The van der Waals surface area contributed by atoms with Crippen molar-refractivity contribution < 1.29 is 0 Å². The molecule has 0 radical (unpaired) electrons. The van der Waals surface area contributed by atoms with Crippen LogP contribution in [0.25, 0.3) is 0 Å². The topological polar surface area (TPSA) is 35.8 Å². The van der Waals surface area contributed by atoms with Crippen molar-refractivity contribution in [3.63, 3.8) is 0 Å². The molecule has 0 spiro atoms. The van der Waals surface area contributed by atoms with Crippen LogP contribution >= 0.6 is 0 Å². The fourth-order valence-corrected chi connectivity index (χ4v) is 3.23. The molecule has 0 saturated heterocycles. The smallest absolute Gasteiger partial charge is 0.107 e. The van der Waals surface area contributed by atoms with Crippen LogP contribution < -0.4 is 5.32 Å². The summed E-state index contributed by atoms with van der Waals surface area (Å²) in [5.41, 5.74) is 1.06. The fraction of sp³-hybridized carbons (Fsp3) is 0.588. The van der Waals surface area contributed by atoms with Crippen LogP contribution in [0, 0.1) is 17.2 Å². The van der Waals surface area contributed by atoms with E-state index in [9.17, 15) is 5.26 Å². The monoisotopic (exact) mass is 256 g/mol. The first-order valence-corrected chi connectivity index (χ1v) is 7.17. The van der Waals surface area contributed by atoms with Crippen molar-refractivity contribution in [3.05, 3.63) is 35.9 Å². The summed E-state index contributed by atoms with van der Waals surface area (Å²) in [6.07, 6.45) is 4.18. The Morgan fingerprint density at radius 1 is 1.32 bits per heavy atom. The highest BCUT2D eigenvalue weighted by atomic mass is 15.0. The van der Waals surface area contributed by atoms with Gasteiger partial charge in [-0.1, -0.05) is 30.3 Å². The van der Waals surface area contributed by atoms with Gasteiger partial charge in [0.2, 0.25) is 0 Å². The van der Waals surface area contributed by atoms with Crippen molar-refractivity contribution in [3.8, 4) is 6.07 Å². The average molecular weight is 256 g/mol. The molecule has 0 amide bonds. The summed E-state index contributed by atoms with van der Waals surface area (Å²) in [5, 5.41) is 13.1. The van der Waals surface area contributed by atoms with E-state index in [4.69, 9.17) is 0 Å². The lowest BCUT2D eigenvalue weighted by Gasteiger charge is -2.32. The minimum absolute atomic E-state index is 0.00261. The van der Waals surface area contributed by atoms with Crippen LogP contribution in [-0.4, -0.2) is 11.1 Å². The lowest BCUT2D eigenvalue weighted by Crippen LogP contribution is -2.51. The zero-order valence-corrected chi connectivity index (χ0v) is 12.2. The molecule has 102 valence electrons. The Kier molecular flexibility index (Phi) is 3.96. The van der Waals surface area contributed by atoms with E-state index in [1.807, 2.05) is 0 Å². The van der Waals surface area contributed by atoms with Crippen LogP contribution in [0.1, 0.15) is 45.6 Å². The standard InChI is InChI=1S/C17H24N2/c1-16(2,3)19-17(13-18)10-9-15(12-17)11-14-7-5-4-6-8-14/h4-8,15,19H,9-12H2,1-3H3. The van der Waals surface area contributed by atoms with Gasteiger partial charge in [-0.2, -0.15) is 5.26 Å². The Labute approximate surface area is 116 Å². The van der Waals surface area contributed by atoms with Gasteiger partial charge in [0.15, 0.2) is 0 Å². The molecule has 1 aliphatic carbocycles. The Bertz CT molecular complexity index is 452. The van der Waals surface area contributed by atoms with E-state index in [0.29, 0.717) is 5.92 Å². The van der Waals surface area contributed by atoms with Gasteiger partial charge < -0.3 is 0 Å². The first kappa shape index (κ1) is 14.1. The first-order valence-electron chi connectivity index (χ1n) is 7.17. The van der Waals surface area contributed by atoms with Gasteiger partial charge in [0.25, 0.3) is 0 Å². The van der Waals surface area contributed by atoms with Gasteiger partial charge in [-0.15, -0.1) is 0 Å². The van der Waals surface area contributed by atoms with Crippen molar-refractivity contribution in [2.75, 3.05) is 0 Å². The average Bonchev–Trinajstić information content (AvgIpc) is 2.72. The highest BCUT2D eigenvalue weighted by Crippen LogP contribution is 2.37. The van der Waals surface area contributed by atoms with E-state index in [1.54, 1.807) is 0 Å². The van der Waals surface area contributed by atoms with Crippen LogP contribution in [-0.2, 0) is 6.42 Å². The van der Waals surface area contributed by atoms with Crippen molar-refractivity contribution in [2.45, 2.75) is 57.5 Å². The highest BCUT2D eigenvalue weighted by molar-refractivity contribution is 5.18. The van der Waals surface area contributed by atoms with Crippen LogP contribution in [0.5, 0.6) is 0 Å². The molecule has 2 rings (SSSR count). The molecule has 1 aliphatic rings. The van der Waals surface area contributed by atoms with Crippen molar-refractivity contribution in [2.24, 2.45) is 5.92 Å². The summed E-state index contributed by atoms with van der Waals surface area (Å²) in [4.78, 5) is 0. The third-order valence-electron chi connectivity index (χ3n) is 3.81. The number of nitriles is 1. The van der Waals surface area contributed by atoms with Gasteiger partial charge in [-0.3, -0.25) is 5.32 Å². The molecule has 19 heavy (non-hydrogen) atoms. The Hall–Kier alpha value is -1.33. The van der Waals surface area contributed by atoms with E-state index in [-0.39, 0.29) is 11.1 Å². The summed E-state index contributed by atoms with van der Waals surface area (Å²) < 4.78 is 0. The zero-order valence-electron chi connectivity index (χ0n) is 12.2. The second-order valence-electron chi connectivity index (χ2n) is 6.87. The molecule has 0 aromatic heterocycles. The van der Waals surface area contributed by atoms with E-state index in [1.165, 1.54) is 5.56 Å². The molecule has 2 heteroatoms. The van der Waals surface area contributed by atoms with Gasteiger partial charge in [0.05, 0.1) is 6.07 Å². The molecule has 0 aliphatic heterocycles.